The number of nitrogens with one attached hydrogen (secondary N) is 1. The van der Waals surface area contributed by atoms with Crippen molar-refractivity contribution in [2.24, 2.45) is 0 Å². The Balaban J connectivity index is 1.58. The second-order valence-corrected chi connectivity index (χ2v) is 12.0. The molecular formula is C19H19N3O5S3. The zero-order valence-corrected chi connectivity index (χ0v) is 18.5. The predicted molar refractivity (Wildman–Crippen MR) is 115 cm³/mol. The van der Waals surface area contributed by atoms with Gasteiger partial charge in [0.1, 0.15) is 0 Å². The molecule has 1 aliphatic heterocycles. The van der Waals surface area contributed by atoms with Crippen LogP contribution in [0.3, 0.4) is 0 Å². The highest BCUT2D eigenvalue weighted by molar-refractivity contribution is 7.90. The molecule has 0 aliphatic carbocycles. The Bertz CT molecular complexity index is 1340. The molecule has 4 rings (SSSR count). The maximum Gasteiger partial charge on any atom is 0.257 e. The van der Waals surface area contributed by atoms with Gasteiger partial charge in [0.25, 0.3) is 5.91 Å². The van der Waals surface area contributed by atoms with E-state index in [9.17, 15) is 21.6 Å². The lowest BCUT2D eigenvalue weighted by molar-refractivity contribution is 0.102. The molecule has 11 heteroatoms. The first kappa shape index (κ1) is 20.9. The molecule has 158 valence electrons. The summed E-state index contributed by atoms with van der Waals surface area (Å²) in [5.74, 6) is -0.490. The lowest BCUT2D eigenvalue weighted by atomic mass is 10.2. The van der Waals surface area contributed by atoms with Gasteiger partial charge in [-0.1, -0.05) is 17.4 Å². The summed E-state index contributed by atoms with van der Waals surface area (Å²) in [6, 6.07) is 10.5. The standard InChI is InChI=1S/C19H19N3O5S3/c1-29(24,25)14-7-8-16-17(12-14)28-19(20-16)21-18(23)13-5-4-6-15(11-13)30(26,27)22-9-2-3-10-22/h4-8,11-12H,2-3,9-10H2,1H3,(H,20,21,23). The number of hydrogen-bond acceptors (Lipinski definition) is 7. The first-order valence-corrected chi connectivity index (χ1v) is 13.3. The maximum atomic E-state index is 12.7. The SMILES string of the molecule is CS(=O)(=O)c1ccc2nc(NC(=O)c3cccc(S(=O)(=O)N4CCCC4)c3)sc2c1. The molecule has 3 aromatic rings. The zero-order chi connectivity index (χ0) is 21.5. The van der Waals surface area contributed by atoms with Crippen LogP contribution < -0.4 is 5.32 Å². The third kappa shape index (κ3) is 4.10. The van der Waals surface area contributed by atoms with Crippen molar-refractivity contribution in [2.75, 3.05) is 24.7 Å². The summed E-state index contributed by atoms with van der Waals surface area (Å²) >= 11 is 1.15. The first-order valence-electron chi connectivity index (χ1n) is 9.17. The van der Waals surface area contributed by atoms with E-state index in [0.717, 1.165) is 30.4 Å². The van der Waals surface area contributed by atoms with E-state index in [2.05, 4.69) is 10.3 Å². The maximum absolute atomic E-state index is 12.7. The Labute approximate surface area is 178 Å². The van der Waals surface area contributed by atoms with E-state index in [1.165, 1.54) is 40.7 Å². The van der Waals surface area contributed by atoms with E-state index in [1.54, 1.807) is 6.07 Å². The number of hydrogen-bond donors (Lipinski definition) is 1. The minimum Gasteiger partial charge on any atom is -0.298 e. The lowest BCUT2D eigenvalue weighted by Gasteiger charge is -2.15. The molecule has 0 bridgehead atoms. The van der Waals surface area contributed by atoms with Crippen molar-refractivity contribution in [2.45, 2.75) is 22.6 Å². The fraction of sp³-hybridized carbons (Fsp3) is 0.263. The number of nitrogens with zero attached hydrogens (tertiary/aromatic N) is 2. The average Bonchev–Trinajstić information content (AvgIpc) is 3.36. The summed E-state index contributed by atoms with van der Waals surface area (Å²) in [6.07, 6.45) is 2.79. The van der Waals surface area contributed by atoms with Crippen LogP contribution in [0.4, 0.5) is 5.13 Å². The highest BCUT2D eigenvalue weighted by atomic mass is 32.2. The van der Waals surface area contributed by atoms with Gasteiger partial charge < -0.3 is 0 Å². The minimum atomic E-state index is -3.62. The van der Waals surface area contributed by atoms with Crippen LogP contribution in [0.25, 0.3) is 10.2 Å². The van der Waals surface area contributed by atoms with Gasteiger partial charge in [0.2, 0.25) is 10.0 Å². The summed E-state index contributed by atoms with van der Waals surface area (Å²) in [6.45, 7) is 0.972. The van der Waals surface area contributed by atoms with Crippen molar-refractivity contribution < 1.29 is 21.6 Å². The zero-order valence-electron chi connectivity index (χ0n) is 16.0. The molecule has 1 N–H and O–H groups in total. The second kappa shape index (κ2) is 7.73. The quantitative estimate of drug-likeness (QED) is 0.620. The second-order valence-electron chi connectivity index (χ2n) is 7.01. The largest absolute Gasteiger partial charge is 0.298 e. The molecule has 2 heterocycles. The fourth-order valence-electron chi connectivity index (χ4n) is 3.23. The summed E-state index contributed by atoms with van der Waals surface area (Å²) in [5.41, 5.74) is 0.763. The van der Waals surface area contributed by atoms with E-state index in [0.29, 0.717) is 28.4 Å². The summed E-state index contributed by atoms with van der Waals surface area (Å²) < 4.78 is 50.9. The lowest BCUT2D eigenvalue weighted by Crippen LogP contribution is -2.28. The van der Waals surface area contributed by atoms with Crippen molar-refractivity contribution in [1.82, 2.24) is 9.29 Å². The van der Waals surface area contributed by atoms with Crippen LogP contribution >= 0.6 is 11.3 Å². The van der Waals surface area contributed by atoms with E-state index in [1.807, 2.05) is 0 Å². The number of carbonyl (C=O) groups is 1. The topological polar surface area (TPSA) is 114 Å². The van der Waals surface area contributed by atoms with Gasteiger partial charge in [0.15, 0.2) is 15.0 Å². The van der Waals surface area contributed by atoms with E-state index >= 15 is 0 Å². The Morgan fingerprint density at radius 3 is 2.47 bits per heavy atom. The normalized spacial score (nSPS) is 15.5. The summed E-state index contributed by atoms with van der Waals surface area (Å²) in [7, 11) is -6.97. The number of sulfone groups is 1. The molecule has 0 unspecified atom stereocenters. The van der Waals surface area contributed by atoms with E-state index in [-0.39, 0.29) is 15.4 Å². The van der Waals surface area contributed by atoms with Crippen LogP contribution in [-0.4, -0.2) is 51.4 Å². The number of thiazole rings is 1. The van der Waals surface area contributed by atoms with Crippen LogP contribution in [0.15, 0.2) is 52.3 Å². The molecule has 1 fully saturated rings. The third-order valence-corrected chi connectivity index (χ3v) is 8.75. The highest BCUT2D eigenvalue weighted by Gasteiger charge is 2.27. The molecule has 2 aromatic carbocycles. The molecule has 0 spiro atoms. The number of amides is 1. The van der Waals surface area contributed by atoms with Gasteiger partial charge in [-0.05, 0) is 49.2 Å². The van der Waals surface area contributed by atoms with Gasteiger partial charge in [-0.3, -0.25) is 10.1 Å². The third-order valence-electron chi connectivity index (χ3n) is 4.81. The molecule has 1 aromatic heterocycles. The number of fused-ring (bicyclic) bond motifs is 1. The van der Waals surface area contributed by atoms with Gasteiger partial charge in [0.05, 0.1) is 20.0 Å². The number of anilines is 1. The number of sulfonamides is 1. The number of aromatic nitrogens is 1. The average molecular weight is 466 g/mol. The summed E-state index contributed by atoms with van der Waals surface area (Å²) in [5, 5.41) is 2.96. The Hall–Kier alpha value is -2.34. The van der Waals surface area contributed by atoms with Crippen LogP contribution in [0.5, 0.6) is 0 Å². The van der Waals surface area contributed by atoms with E-state index < -0.39 is 25.8 Å². The smallest absolute Gasteiger partial charge is 0.257 e. The van der Waals surface area contributed by atoms with Crippen LogP contribution in [0, 0.1) is 0 Å². The number of benzene rings is 2. The molecule has 0 saturated carbocycles. The predicted octanol–water partition coefficient (Wildman–Crippen LogP) is 2.74. The van der Waals surface area contributed by atoms with Crippen LogP contribution in [0.1, 0.15) is 23.2 Å². The monoisotopic (exact) mass is 465 g/mol. The number of rotatable bonds is 5. The molecule has 30 heavy (non-hydrogen) atoms. The highest BCUT2D eigenvalue weighted by Crippen LogP contribution is 2.29. The Morgan fingerprint density at radius 2 is 1.77 bits per heavy atom. The van der Waals surface area contributed by atoms with Gasteiger partial charge in [0, 0.05) is 24.9 Å². The van der Waals surface area contributed by atoms with Gasteiger partial charge in [-0.2, -0.15) is 4.31 Å². The van der Waals surface area contributed by atoms with Gasteiger partial charge >= 0.3 is 0 Å². The van der Waals surface area contributed by atoms with Crippen molar-refractivity contribution >= 4 is 52.5 Å². The number of carbonyl (C=O) groups excluding carboxylic acids is 1. The van der Waals surface area contributed by atoms with Crippen LogP contribution in [-0.2, 0) is 19.9 Å². The van der Waals surface area contributed by atoms with E-state index in [4.69, 9.17) is 0 Å². The van der Waals surface area contributed by atoms with Gasteiger partial charge in [-0.25, -0.2) is 21.8 Å². The minimum absolute atomic E-state index is 0.0825. The molecule has 1 amide bonds. The molecule has 8 nitrogen and oxygen atoms in total. The van der Waals surface area contributed by atoms with Crippen molar-refractivity contribution in [3.05, 3.63) is 48.0 Å². The van der Waals surface area contributed by atoms with Crippen molar-refractivity contribution in [3.8, 4) is 0 Å². The first-order chi connectivity index (χ1) is 14.1. The molecule has 1 aliphatic rings. The Kier molecular flexibility index (Phi) is 5.39. The molecule has 0 atom stereocenters. The van der Waals surface area contributed by atoms with Crippen LogP contribution in [0.2, 0.25) is 0 Å². The Morgan fingerprint density at radius 1 is 1.03 bits per heavy atom. The molecule has 1 saturated heterocycles. The van der Waals surface area contributed by atoms with Crippen molar-refractivity contribution in [3.63, 3.8) is 0 Å². The van der Waals surface area contributed by atoms with Crippen molar-refractivity contribution in [1.29, 1.82) is 0 Å². The summed E-state index contributed by atoms with van der Waals surface area (Å²) in [4.78, 5) is 17.2. The van der Waals surface area contributed by atoms with Gasteiger partial charge in [-0.15, -0.1) is 0 Å². The molecule has 0 radical (unpaired) electrons. The fourth-order valence-corrected chi connectivity index (χ4v) is 6.42. The molecular weight excluding hydrogens is 446 g/mol.